The third kappa shape index (κ3) is 2.77. The highest BCUT2D eigenvalue weighted by molar-refractivity contribution is 6.13. The minimum Gasteiger partial charge on any atom is -0.309 e. The predicted molar refractivity (Wildman–Crippen MR) is 85.5 cm³/mol. The monoisotopic (exact) mass is 312 g/mol. The molecule has 0 aliphatic rings. The summed E-state index contributed by atoms with van der Waals surface area (Å²) in [6.07, 6.45) is 1.56. The molecule has 1 aromatic heterocycles. The Labute approximate surface area is 132 Å². The van der Waals surface area contributed by atoms with Crippen LogP contribution in [-0.2, 0) is 0 Å². The molecule has 0 atom stereocenters. The third-order valence-electron chi connectivity index (χ3n) is 3.66. The zero-order chi connectivity index (χ0) is 16.4. The van der Waals surface area contributed by atoms with Crippen LogP contribution in [-0.4, -0.2) is 17.4 Å². The molecule has 3 aromatic rings. The van der Waals surface area contributed by atoms with Crippen LogP contribution in [0.25, 0.3) is 10.9 Å². The van der Waals surface area contributed by atoms with Gasteiger partial charge in [0.15, 0.2) is 11.6 Å². The van der Waals surface area contributed by atoms with Crippen molar-refractivity contribution in [1.29, 1.82) is 0 Å². The largest absolute Gasteiger partial charge is 0.309 e. The normalized spacial score (nSPS) is 10.7. The topological polar surface area (TPSA) is 33.2 Å². The highest BCUT2D eigenvalue weighted by Gasteiger charge is 2.19. The fourth-order valence-corrected chi connectivity index (χ4v) is 2.52. The van der Waals surface area contributed by atoms with Gasteiger partial charge in [0.2, 0.25) is 0 Å². The molecule has 0 aliphatic carbocycles. The van der Waals surface area contributed by atoms with Gasteiger partial charge in [-0.3, -0.25) is 9.78 Å². The number of para-hydroxylation sites is 1. The summed E-state index contributed by atoms with van der Waals surface area (Å²) in [5.41, 5.74) is 1.50. The standard InChI is InChI=1S/C18H14F2N2O/c1-2-22(12-7-8-15(19)16(20)11-12)18(23)14-9-10-21-17-6-4-3-5-13(14)17/h3-11H,2H2,1H3. The maximum Gasteiger partial charge on any atom is 0.259 e. The lowest BCUT2D eigenvalue weighted by Gasteiger charge is -2.22. The number of fused-ring (bicyclic) bond motifs is 1. The van der Waals surface area contributed by atoms with Crippen LogP contribution in [0.2, 0.25) is 0 Å². The maximum atomic E-state index is 13.5. The molecule has 1 amide bonds. The Kier molecular flexibility index (Phi) is 4.02. The number of anilines is 1. The summed E-state index contributed by atoms with van der Waals surface area (Å²) in [6, 6.07) is 12.4. The van der Waals surface area contributed by atoms with Gasteiger partial charge >= 0.3 is 0 Å². The van der Waals surface area contributed by atoms with E-state index >= 15 is 0 Å². The lowest BCUT2D eigenvalue weighted by molar-refractivity contribution is 0.0990. The molecule has 2 aromatic carbocycles. The summed E-state index contributed by atoms with van der Waals surface area (Å²) in [6.45, 7) is 2.11. The summed E-state index contributed by atoms with van der Waals surface area (Å²) >= 11 is 0. The number of rotatable bonds is 3. The van der Waals surface area contributed by atoms with Gasteiger partial charge in [-0.2, -0.15) is 0 Å². The summed E-state index contributed by atoms with van der Waals surface area (Å²) in [7, 11) is 0. The van der Waals surface area contributed by atoms with Crippen molar-refractivity contribution in [3.05, 3.63) is 71.9 Å². The Balaban J connectivity index is 2.07. The molecule has 0 saturated carbocycles. The van der Waals surface area contributed by atoms with Gasteiger partial charge in [0.05, 0.1) is 11.1 Å². The zero-order valence-corrected chi connectivity index (χ0v) is 12.5. The summed E-state index contributed by atoms with van der Waals surface area (Å²) in [5, 5.41) is 0.723. The number of nitrogens with zero attached hydrogens (tertiary/aromatic N) is 2. The van der Waals surface area contributed by atoms with Crippen LogP contribution in [0.1, 0.15) is 17.3 Å². The van der Waals surface area contributed by atoms with E-state index in [-0.39, 0.29) is 5.91 Å². The molecule has 3 rings (SSSR count). The Morgan fingerprint density at radius 3 is 2.61 bits per heavy atom. The van der Waals surface area contributed by atoms with Crippen molar-refractivity contribution in [2.24, 2.45) is 0 Å². The molecule has 3 nitrogen and oxygen atoms in total. The number of aromatic nitrogens is 1. The molecule has 0 spiro atoms. The number of carbonyl (C=O) groups excluding carboxylic acids is 1. The van der Waals surface area contributed by atoms with Gasteiger partial charge in [-0.25, -0.2) is 8.78 Å². The minimum absolute atomic E-state index is 0.280. The first-order chi connectivity index (χ1) is 11.1. The van der Waals surface area contributed by atoms with Crippen LogP contribution in [0.3, 0.4) is 0 Å². The number of halogens is 2. The van der Waals surface area contributed by atoms with Crippen molar-refractivity contribution in [1.82, 2.24) is 4.98 Å². The van der Waals surface area contributed by atoms with Gasteiger partial charge in [-0.1, -0.05) is 18.2 Å². The van der Waals surface area contributed by atoms with Crippen molar-refractivity contribution < 1.29 is 13.6 Å². The first-order valence-electron chi connectivity index (χ1n) is 7.22. The van der Waals surface area contributed by atoms with Crippen LogP contribution in [0.5, 0.6) is 0 Å². The second kappa shape index (κ2) is 6.12. The average Bonchev–Trinajstić information content (AvgIpc) is 2.58. The molecule has 23 heavy (non-hydrogen) atoms. The van der Waals surface area contributed by atoms with Crippen molar-refractivity contribution >= 4 is 22.5 Å². The number of hydrogen-bond donors (Lipinski definition) is 0. The number of pyridine rings is 1. The van der Waals surface area contributed by atoms with Gasteiger partial charge < -0.3 is 4.90 Å². The zero-order valence-electron chi connectivity index (χ0n) is 12.5. The van der Waals surface area contributed by atoms with E-state index in [1.807, 2.05) is 24.3 Å². The smallest absolute Gasteiger partial charge is 0.259 e. The van der Waals surface area contributed by atoms with Crippen LogP contribution in [0.4, 0.5) is 14.5 Å². The summed E-state index contributed by atoms with van der Waals surface area (Å²) in [4.78, 5) is 18.5. The van der Waals surface area contributed by atoms with Gasteiger partial charge in [-0.05, 0) is 31.2 Å². The second-order valence-electron chi connectivity index (χ2n) is 5.02. The molecule has 116 valence electrons. The highest BCUT2D eigenvalue weighted by Crippen LogP contribution is 2.23. The molecule has 0 bridgehead atoms. The van der Waals surface area contributed by atoms with E-state index in [4.69, 9.17) is 0 Å². The van der Waals surface area contributed by atoms with E-state index in [0.717, 1.165) is 17.5 Å². The molecule has 1 heterocycles. The van der Waals surface area contributed by atoms with Gasteiger partial charge in [0.1, 0.15) is 0 Å². The van der Waals surface area contributed by atoms with E-state index in [2.05, 4.69) is 4.98 Å². The van der Waals surface area contributed by atoms with E-state index in [9.17, 15) is 13.6 Å². The fraction of sp³-hybridized carbons (Fsp3) is 0.111. The fourth-order valence-electron chi connectivity index (χ4n) is 2.52. The maximum absolute atomic E-state index is 13.5. The lowest BCUT2D eigenvalue weighted by Crippen LogP contribution is -2.31. The lowest BCUT2D eigenvalue weighted by atomic mass is 10.1. The van der Waals surface area contributed by atoms with Crippen LogP contribution >= 0.6 is 0 Å². The van der Waals surface area contributed by atoms with Crippen molar-refractivity contribution in [3.8, 4) is 0 Å². The van der Waals surface area contributed by atoms with E-state index in [1.165, 1.54) is 11.0 Å². The number of carbonyl (C=O) groups is 1. The molecule has 5 heteroatoms. The molecule has 0 radical (unpaired) electrons. The molecular weight excluding hydrogens is 298 g/mol. The molecule has 0 unspecified atom stereocenters. The molecular formula is C18H14F2N2O. The van der Waals surface area contributed by atoms with Gasteiger partial charge in [0.25, 0.3) is 5.91 Å². The van der Waals surface area contributed by atoms with Crippen LogP contribution < -0.4 is 4.90 Å². The molecule has 0 saturated heterocycles. The molecule has 0 fully saturated rings. The number of benzene rings is 2. The van der Waals surface area contributed by atoms with Crippen molar-refractivity contribution in [3.63, 3.8) is 0 Å². The van der Waals surface area contributed by atoms with Gasteiger partial charge in [0, 0.05) is 29.9 Å². The van der Waals surface area contributed by atoms with E-state index in [1.54, 1.807) is 19.2 Å². The van der Waals surface area contributed by atoms with E-state index < -0.39 is 11.6 Å². The molecule has 0 N–H and O–H groups in total. The Bertz CT molecular complexity index is 875. The van der Waals surface area contributed by atoms with Crippen molar-refractivity contribution in [2.45, 2.75) is 6.92 Å². The van der Waals surface area contributed by atoms with Crippen LogP contribution in [0, 0.1) is 11.6 Å². The number of amides is 1. The summed E-state index contributed by atoms with van der Waals surface area (Å²) < 4.78 is 26.6. The summed E-state index contributed by atoms with van der Waals surface area (Å²) in [5.74, 6) is -2.20. The second-order valence-corrected chi connectivity index (χ2v) is 5.02. The average molecular weight is 312 g/mol. The third-order valence-corrected chi connectivity index (χ3v) is 3.66. The molecule has 0 aliphatic heterocycles. The SMILES string of the molecule is CCN(C(=O)c1ccnc2ccccc12)c1ccc(F)c(F)c1. The quantitative estimate of drug-likeness (QED) is 0.727. The van der Waals surface area contributed by atoms with E-state index in [0.29, 0.717) is 23.3 Å². The van der Waals surface area contributed by atoms with Crippen LogP contribution in [0.15, 0.2) is 54.7 Å². The number of hydrogen-bond acceptors (Lipinski definition) is 2. The Morgan fingerprint density at radius 1 is 1.09 bits per heavy atom. The Hall–Kier alpha value is -2.82. The predicted octanol–water partition coefficient (Wildman–Crippen LogP) is 4.18. The first-order valence-corrected chi connectivity index (χ1v) is 7.22. The van der Waals surface area contributed by atoms with Crippen molar-refractivity contribution in [2.75, 3.05) is 11.4 Å². The first kappa shape index (κ1) is 15.1. The van der Waals surface area contributed by atoms with Gasteiger partial charge in [-0.15, -0.1) is 0 Å². The Morgan fingerprint density at radius 2 is 1.87 bits per heavy atom. The highest BCUT2D eigenvalue weighted by atomic mass is 19.2. The minimum atomic E-state index is -0.978.